The molecule has 2 aromatic carbocycles. The second kappa shape index (κ2) is 6.80. The summed E-state index contributed by atoms with van der Waals surface area (Å²) in [4.78, 5) is 13.6. The minimum absolute atomic E-state index is 0.191. The van der Waals surface area contributed by atoms with Gasteiger partial charge in [-0.2, -0.15) is 0 Å². The largest absolute Gasteiger partial charge is 0.444 e. The molecule has 0 fully saturated rings. The maximum Gasteiger partial charge on any atom is 0.339 e. The smallest absolute Gasteiger partial charge is 0.339 e. The number of hydrogen-bond acceptors (Lipinski definition) is 3. The predicted molar refractivity (Wildman–Crippen MR) is 110 cm³/mol. The first-order valence-corrected chi connectivity index (χ1v) is 10.3. The molecule has 1 N–H and O–H groups in total. The Morgan fingerprint density at radius 3 is 2.79 bits per heavy atom. The van der Waals surface area contributed by atoms with Crippen LogP contribution < -0.4 is 15.3 Å². The van der Waals surface area contributed by atoms with Crippen molar-refractivity contribution in [3.8, 4) is 5.75 Å². The molecule has 28 heavy (non-hydrogen) atoms. The Bertz CT molecular complexity index is 1170. The molecule has 0 saturated heterocycles. The van der Waals surface area contributed by atoms with Gasteiger partial charge in [-0.05, 0) is 49.9 Å². The van der Waals surface area contributed by atoms with Crippen molar-refractivity contribution in [1.29, 1.82) is 0 Å². The van der Waals surface area contributed by atoms with E-state index in [0.717, 1.165) is 71.3 Å². The molecule has 1 aliphatic carbocycles. The maximum atomic E-state index is 12.3. The molecule has 3 aromatic rings. The summed E-state index contributed by atoms with van der Waals surface area (Å²) in [7, 11) is 0. The van der Waals surface area contributed by atoms with Crippen molar-refractivity contribution in [3.05, 3.63) is 72.5 Å². The number of quaternary nitrogens is 1. The van der Waals surface area contributed by atoms with Crippen LogP contribution in [0.2, 0.25) is 10.0 Å². The topological polar surface area (TPSA) is 43.9 Å². The maximum absolute atomic E-state index is 12.3. The fraction of sp³-hybridized carbons (Fsp3) is 0.318. The number of benzene rings is 2. The molecule has 1 atom stereocenters. The van der Waals surface area contributed by atoms with Crippen molar-refractivity contribution >= 4 is 34.2 Å². The number of rotatable bonds is 2. The van der Waals surface area contributed by atoms with Crippen molar-refractivity contribution in [2.45, 2.75) is 39.3 Å². The van der Waals surface area contributed by atoms with Gasteiger partial charge in [0.05, 0.1) is 5.02 Å². The Morgan fingerprint density at radius 1 is 1.14 bits per heavy atom. The van der Waals surface area contributed by atoms with Crippen LogP contribution in [-0.4, -0.2) is 6.73 Å². The summed E-state index contributed by atoms with van der Waals surface area (Å²) < 4.78 is 11.8. The fourth-order valence-corrected chi connectivity index (χ4v) is 4.98. The lowest BCUT2D eigenvalue weighted by Crippen LogP contribution is -3.10. The van der Waals surface area contributed by atoms with Gasteiger partial charge in [-0.25, -0.2) is 4.79 Å². The quantitative estimate of drug-likeness (QED) is 0.645. The molecule has 2 aliphatic rings. The van der Waals surface area contributed by atoms with E-state index < -0.39 is 0 Å². The molecule has 4 nitrogen and oxygen atoms in total. The van der Waals surface area contributed by atoms with E-state index in [9.17, 15) is 4.79 Å². The first-order chi connectivity index (χ1) is 13.5. The third-order valence-electron chi connectivity index (χ3n) is 5.84. The third-order valence-corrected chi connectivity index (χ3v) is 6.42. The second-order valence-electron chi connectivity index (χ2n) is 7.69. The van der Waals surface area contributed by atoms with Gasteiger partial charge in [-0.15, -0.1) is 0 Å². The lowest BCUT2D eigenvalue weighted by molar-refractivity contribution is -0.945. The molecular formula is C22H20Cl2NO3+. The summed E-state index contributed by atoms with van der Waals surface area (Å²) in [5.74, 6) is 0.847. The third kappa shape index (κ3) is 2.91. The van der Waals surface area contributed by atoms with Gasteiger partial charge in [0.1, 0.15) is 24.4 Å². The van der Waals surface area contributed by atoms with E-state index in [1.807, 2.05) is 19.1 Å². The summed E-state index contributed by atoms with van der Waals surface area (Å²) in [6, 6.07) is 7.78. The Hall–Kier alpha value is -2.01. The van der Waals surface area contributed by atoms with Gasteiger partial charge >= 0.3 is 5.63 Å². The lowest BCUT2D eigenvalue weighted by atomic mass is 9.99. The van der Waals surface area contributed by atoms with Crippen molar-refractivity contribution in [2.75, 3.05) is 6.73 Å². The van der Waals surface area contributed by atoms with E-state index in [-0.39, 0.29) is 5.63 Å². The van der Waals surface area contributed by atoms with Gasteiger partial charge in [0.25, 0.3) is 0 Å². The molecule has 0 bridgehead atoms. The zero-order chi connectivity index (χ0) is 19.4. The van der Waals surface area contributed by atoms with E-state index in [1.165, 1.54) is 4.90 Å². The number of fused-ring (bicyclic) bond motifs is 4. The van der Waals surface area contributed by atoms with Crippen LogP contribution in [0.4, 0.5) is 0 Å². The first kappa shape index (κ1) is 18.0. The molecule has 144 valence electrons. The van der Waals surface area contributed by atoms with Crippen molar-refractivity contribution < 1.29 is 14.1 Å². The molecule has 0 saturated carbocycles. The number of nitrogens with one attached hydrogen (secondary N) is 1. The monoisotopic (exact) mass is 416 g/mol. The summed E-state index contributed by atoms with van der Waals surface area (Å²) >= 11 is 12.4. The van der Waals surface area contributed by atoms with Crippen LogP contribution in [0, 0.1) is 6.92 Å². The lowest BCUT2D eigenvalue weighted by Gasteiger charge is -2.28. The average molecular weight is 417 g/mol. The van der Waals surface area contributed by atoms with Crippen molar-refractivity contribution in [2.24, 2.45) is 0 Å². The highest BCUT2D eigenvalue weighted by Gasteiger charge is 2.28. The van der Waals surface area contributed by atoms with Crippen molar-refractivity contribution in [1.82, 2.24) is 0 Å². The van der Waals surface area contributed by atoms with Crippen LogP contribution in [-0.2, 0) is 25.9 Å². The summed E-state index contributed by atoms with van der Waals surface area (Å²) in [6.07, 6.45) is 2.76. The van der Waals surface area contributed by atoms with E-state index >= 15 is 0 Å². The zero-order valence-electron chi connectivity index (χ0n) is 15.5. The Balaban J connectivity index is 1.53. The molecule has 6 heteroatoms. The molecule has 0 spiro atoms. The van der Waals surface area contributed by atoms with Gasteiger partial charge in [-0.1, -0.05) is 29.3 Å². The van der Waals surface area contributed by atoms with Crippen LogP contribution in [0.1, 0.15) is 34.2 Å². The first-order valence-electron chi connectivity index (χ1n) is 9.52. The molecule has 1 aliphatic heterocycles. The van der Waals surface area contributed by atoms with Crippen LogP contribution in [0.25, 0.3) is 11.0 Å². The van der Waals surface area contributed by atoms with Gasteiger partial charge in [-0.3, -0.25) is 4.90 Å². The average Bonchev–Trinajstić information content (AvgIpc) is 3.16. The van der Waals surface area contributed by atoms with E-state index in [2.05, 4.69) is 6.07 Å². The molecule has 0 radical (unpaired) electrons. The highest BCUT2D eigenvalue weighted by molar-refractivity contribution is 6.35. The van der Waals surface area contributed by atoms with E-state index in [4.69, 9.17) is 32.4 Å². The van der Waals surface area contributed by atoms with Gasteiger partial charge in [0.2, 0.25) is 6.73 Å². The minimum Gasteiger partial charge on any atom is -0.444 e. The van der Waals surface area contributed by atoms with E-state index in [1.54, 1.807) is 6.07 Å². The zero-order valence-corrected chi connectivity index (χ0v) is 17.0. The van der Waals surface area contributed by atoms with Crippen LogP contribution in [0.3, 0.4) is 0 Å². The van der Waals surface area contributed by atoms with Gasteiger partial charge in [0, 0.05) is 32.7 Å². The predicted octanol–water partition coefficient (Wildman–Crippen LogP) is 3.83. The summed E-state index contributed by atoms with van der Waals surface area (Å²) in [5, 5.41) is 2.39. The number of ether oxygens (including phenoxy) is 1. The number of aryl methyl sites for hydroxylation is 2. The number of halogens is 2. The Labute approximate surface area is 172 Å². The number of hydrogen-bond donors (Lipinski definition) is 1. The van der Waals surface area contributed by atoms with Crippen molar-refractivity contribution in [3.63, 3.8) is 0 Å². The molecule has 2 heterocycles. The standard InChI is InChI=1S/C22H19Cl2NO3/c1-12-20-14(7-18-16-3-2-4-17(16)22(26)28-21(12)18)10-25(11-27-20)9-13-5-6-15(23)8-19(13)24/h5-8H,2-4,9-11H2,1H3/p+1. The van der Waals surface area contributed by atoms with Gasteiger partial charge < -0.3 is 9.15 Å². The van der Waals surface area contributed by atoms with Crippen LogP contribution in [0.5, 0.6) is 5.75 Å². The molecule has 5 rings (SSSR count). The summed E-state index contributed by atoms with van der Waals surface area (Å²) in [5.41, 5.74) is 5.61. The highest BCUT2D eigenvalue weighted by atomic mass is 35.5. The minimum atomic E-state index is -0.191. The molecular weight excluding hydrogens is 397 g/mol. The Kier molecular flexibility index (Phi) is 4.38. The fourth-order valence-electron chi connectivity index (χ4n) is 4.50. The normalized spacial score (nSPS) is 18.0. The highest BCUT2D eigenvalue weighted by Crippen LogP contribution is 2.36. The Morgan fingerprint density at radius 2 is 1.96 bits per heavy atom. The molecule has 1 aromatic heterocycles. The van der Waals surface area contributed by atoms with Crippen LogP contribution >= 0.6 is 23.2 Å². The second-order valence-corrected chi connectivity index (χ2v) is 8.54. The van der Waals surface area contributed by atoms with Crippen LogP contribution in [0.15, 0.2) is 33.5 Å². The summed E-state index contributed by atoms with van der Waals surface area (Å²) in [6.45, 7) is 4.10. The SMILES string of the molecule is Cc1c2c(cc3c4c(c(=O)oc13)CCC4)C[NH+](Cc1ccc(Cl)cc1Cl)CO2. The van der Waals surface area contributed by atoms with Gasteiger partial charge in [0.15, 0.2) is 0 Å². The van der Waals surface area contributed by atoms with E-state index in [0.29, 0.717) is 22.4 Å². The molecule has 1 unspecified atom stereocenters. The molecule has 0 amide bonds.